The second-order valence-corrected chi connectivity index (χ2v) is 7.50. The summed E-state index contributed by atoms with van der Waals surface area (Å²) in [7, 11) is 0. The van der Waals surface area contributed by atoms with Gasteiger partial charge in [-0.2, -0.15) is 0 Å². The summed E-state index contributed by atoms with van der Waals surface area (Å²) in [5, 5.41) is 0.375. The van der Waals surface area contributed by atoms with Crippen molar-refractivity contribution in [3.05, 3.63) is 118 Å². The van der Waals surface area contributed by atoms with Gasteiger partial charge in [0.15, 0.2) is 0 Å². The number of rotatable bonds is 7. The van der Waals surface area contributed by atoms with E-state index in [0.717, 1.165) is 37.7 Å². The van der Waals surface area contributed by atoms with Gasteiger partial charge in [-0.1, -0.05) is 65.9 Å². The Labute approximate surface area is 178 Å². The van der Waals surface area contributed by atoms with Crippen LogP contribution in [-0.4, -0.2) is 0 Å². The Morgan fingerprint density at radius 2 is 1.38 bits per heavy atom. The maximum absolute atomic E-state index is 13.8. The van der Waals surface area contributed by atoms with Crippen molar-refractivity contribution < 1.29 is 4.39 Å². The third-order valence-electron chi connectivity index (χ3n) is 4.83. The van der Waals surface area contributed by atoms with Gasteiger partial charge in [0.25, 0.3) is 0 Å². The zero-order valence-corrected chi connectivity index (χ0v) is 17.2. The van der Waals surface area contributed by atoms with Crippen LogP contribution in [0.5, 0.6) is 0 Å². The van der Waals surface area contributed by atoms with Gasteiger partial charge in [-0.15, -0.1) is 6.58 Å². The lowest BCUT2D eigenvalue weighted by Gasteiger charge is -2.05. The molecule has 0 aliphatic rings. The topological polar surface area (TPSA) is 0 Å². The molecule has 0 radical (unpaired) electrons. The van der Waals surface area contributed by atoms with Gasteiger partial charge in [-0.05, 0) is 79.1 Å². The van der Waals surface area contributed by atoms with Crippen molar-refractivity contribution in [2.24, 2.45) is 0 Å². The van der Waals surface area contributed by atoms with Crippen molar-refractivity contribution in [3.8, 4) is 11.8 Å². The van der Waals surface area contributed by atoms with Crippen LogP contribution in [0.1, 0.15) is 40.7 Å². The zero-order chi connectivity index (χ0) is 20.5. The summed E-state index contributed by atoms with van der Waals surface area (Å²) < 4.78 is 13.8. The lowest BCUT2D eigenvalue weighted by Crippen LogP contribution is -1.93. The van der Waals surface area contributed by atoms with Crippen LogP contribution < -0.4 is 0 Å². The molecular weight excluding hydrogens is 379 g/mol. The summed E-state index contributed by atoms with van der Waals surface area (Å²) in [6, 6.07) is 21.6. The number of allylic oxidation sites excluding steroid dienone is 1. The number of unbranched alkanes of at least 4 members (excludes halogenated alkanes) is 1. The molecule has 0 nitrogen and oxygen atoms in total. The highest BCUT2D eigenvalue weighted by molar-refractivity contribution is 6.30. The Balaban J connectivity index is 1.54. The summed E-state index contributed by atoms with van der Waals surface area (Å²) in [5.74, 6) is 5.48. The Hall–Kier alpha value is -2.82. The average molecular weight is 403 g/mol. The Morgan fingerprint density at radius 3 is 1.97 bits per heavy atom. The van der Waals surface area contributed by atoms with Crippen molar-refractivity contribution in [1.29, 1.82) is 0 Å². The molecule has 0 saturated heterocycles. The Kier molecular flexibility index (Phi) is 7.68. The molecule has 3 aromatic carbocycles. The third-order valence-corrected chi connectivity index (χ3v) is 5.06. The fourth-order valence-electron chi connectivity index (χ4n) is 3.10. The monoisotopic (exact) mass is 402 g/mol. The van der Waals surface area contributed by atoms with Crippen molar-refractivity contribution in [1.82, 2.24) is 0 Å². The van der Waals surface area contributed by atoms with Crippen LogP contribution in [0.15, 0.2) is 79.4 Å². The van der Waals surface area contributed by atoms with Gasteiger partial charge >= 0.3 is 0 Å². The van der Waals surface area contributed by atoms with E-state index >= 15 is 0 Å². The standard InChI is InChI=1S/C27H24ClF/c1-2-3-4-5-21-6-8-22(9-7-21)10-11-23-12-14-24(15-13-23)16-17-25-18-19-26(28)20-27(25)29/h2,6-9,12-15,18-20H,1,3-5,10-11H2. The van der Waals surface area contributed by atoms with Crippen molar-refractivity contribution in [3.63, 3.8) is 0 Å². The zero-order valence-electron chi connectivity index (χ0n) is 16.4. The number of hydrogen-bond donors (Lipinski definition) is 0. The fraction of sp³-hybridized carbons (Fsp3) is 0.185. The van der Waals surface area contributed by atoms with Crippen LogP contribution in [0.2, 0.25) is 5.02 Å². The number of aryl methyl sites for hydroxylation is 3. The van der Waals surface area contributed by atoms with Gasteiger partial charge < -0.3 is 0 Å². The summed E-state index contributed by atoms with van der Waals surface area (Å²) in [6.45, 7) is 3.77. The summed E-state index contributed by atoms with van der Waals surface area (Å²) in [6.07, 6.45) is 7.29. The molecule has 2 heteroatoms. The molecule has 0 aliphatic heterocycles. The molecule has 29 heavy (non-hydrogen) atoms. The lowest BCUT2D eigenvalue weighted by molar-refractivity contribution is 0.624. The van der Waals surface area contributed by atoms with E-state index in [9.17, 15) is 4.39 Å². The van der Waals surface area contributed by atoms with Crippen molar-refractivity contribution in [2.45, 2.75) is 32.1 Å². The van der Waals surface area contributed by atoms with Crippen LogP contribution in [0.3, 0.4) is 0 Å². The molecule has 0 unspecified atom stereocenters. The van der Waals surface area contributed by atoms with Crippen LogP contribution in [0.4, 0.5) is 4.39 Å². The number of benzene rings is 3. The summed E-state index contributed by atoms with van der Waals surface area (Å²) >= 11 is 5.77. The van der Waals surface area contributed by atoms with Crippen LogP contribution in [0.25, 0.3) is 0 Å². The minimum Gasteiger partial charge on any atom is -0.206 e. The Bertz CT molecular complexity index is 1010. The molecule has 0 N–H and O–H groups in total. The van der Waals surface area contributed by atoms with Crippen LogP contribution in [-0.2, 0) is 19.3 Å². The second kappa shape index (κ2) is 10.6. The quantitative estimate of drug-likeness (QED) is 0.223. The SMILES string of the molecule is C=CCCCc1ccc(CCc2ccc(C#Cc3ccc(Cl)cc3F)cc2)cc1. The molecule has 0 aromatic heterocycles. The predicted molar refractivity (Wildman–Crippen MR) is 121 cm³/mol. The van der Waals surface area contributed by atoms with Gasteiger partial charge in [-0.3, -0.25) is 0 Å². The van der Waals surface area contributed by atoms with E-state index < -0.39 is 5.82 Å². The second-order valence-electron chi connectivity index (χ2n) is 7.07. The number of hydrogen-bond acceptors (Lipinski definition) is 0. The molecule has 0 bridgehead atoms. The first-order valence-electron chi connectivity index (χ1n) is 9.89. The first-order chi connectivity index (χ1) is 14.1. The normalized spacial score (nSPS) is 10.3. The molecule has 0 spiro atoms. The predicted octanol–water partition coefficient (Wildman–Crippen LogP) is 7.17. The maximum atomic E-state index is 13.8. The smallest absolute Gasteiger partial charge is 0.140 e. The van der Waals surface area contributed by atoms with E-state index in [2.05, 4.69) is 54.8 Å². The van der Waals surface area contributed by atoms with Crippen molar-refractivity contribution >= 4 is 11.6 Å². The lowest BCUT2D eigenvalue weighted by atomic mass is 10.0. The molecule has 3 aromatic rings. The van der Waals surface area contributed by atoms with Crippen molar-refractivity contribution in [2.75, 3.05) is 0 Å². The highest BCUT2D eigenvalue weighted by Gasteiger charge is 2.00. The van der Waals surface area contributed by atoms with E-state index in [1.54, 1.807) is 12.1 Å². The molecule has 0 atom stereocenters. The molecule has 0 amide bonds. The first kappa shape index (κ1) is 20.9. The molecule has 146 valence electrons. The Morgan fingerprint density at radius 1 is 0.793 bits per heavy atom. The third kappa shape index (κ3) is 6.63. The van der Waals surface area contributed by atoms with E-state index in [1.165, 1.54) is 22.8 Å². The molecule has 3 rings (SSSR count). The van der Waals surface area contributed by atoms with Gasteiger partial charge in [0.2, 0.25) is 0 Å². The molecule has 0 heterocycles. The largest absolute Gasteiger partial charge is 0.206 e. The molecule has 0 fully saturated rings. The van der Waals surface area contributed by atoms with E-state index in [1.807, 2.05) is 18.2 Å². The van der Waals surface area contributed by atoms with E-state index in [0.29, 0.717) is 10.6 Å². The maximum Gasteiger partial charge on any atom is 0.140 e. The van der Waals surface area contributed by atoms with Gasteiger partial charge in [0.1, 0.15) is 5.82 Å². The minimum atomic E-state index is -0.395. The van der Waals surface area contributed by atoms with Crippen LogP contribution in [0, 0.1) is 17.7 Å². The minimum absolute atomic E-state index is 0.353. The summed E-state index contributed by atoms with van der Waals surface area (Å²) in [4.78, 5) is 0. The summed E-state index contributed by atoms with van der Waals surface area (Å²) in [5.41, 5.74) is 5.22. The first-order valence-corrected chi connectivity index (χ1v) is 10.3. The van der Waals surface area contributed by atoms with E-state index in [-0.39, 0.29) is 0 Å². The van der Waals surface area contributed by atoms with E-state index in [4.69, 9.17) is 11.6 Å². The number of halogens is 2. The van der Waals surface area contributed by atoms with Gasteiger partial charge in [-0.25, -0.2) is 4.39 Å². The molecular formula is C27H24ClF. The average Bonchev–Trinajstić information content (AvgIpc) is 2.73. The van der Waals surface area contributed by atoms with Crippen LogP contribution >= 0.6 is 11.6 Å². The van der Waals surface area contributed by atoms with Gasteiger partial charge in [0.05, 0.1) is 5.56 Å². The molecule has 0 saturated carbocycles. The highest BCUT2D eigenvalue weighted by Crippen LogP contribution is 2.15. The highest BCUT2D eigenvalue weighted by atomic mass is 35.5. The molecule has 0 aliphatic carbocycles. The fourth-order valence-corrected chi connectivity index (χ4v) is 3.26. The van der Waals surface area contributed by atoms with Gasteiger partial charge in [0, 0.05) is 10.6 Å².